The molecule has 7 heteroatoms. The molecule has 0 aromatic heterocycles. The molecule has 1 aromatic rings. The predicted molar refractivity (Wildman–Crippen MR) is 101 cm³/mol. The van der Waals surface area contributed by atoms with E-state index in [0.717, 1.165) is 36.6 Å². The number of halogens is 2. The number of carbonyl (C=O) groups excluding carboxylic acids is 2. The van der Waals surface area contributed by atoms with Gasteiger partial charge in [0.25, 0.3) is 5.91 Å². The van der Waals surface area contributed by atoms with Gasteiger partial charge in [-0.3, -0.25) is 9.59 Å². The highest BCUT2D eigenvalue weighted by Crippen LogP contribution is 2.25. The lowest BCUT2D eigenvalue weighted by atomic mass is 9.82. The van der Waals surface area contributed by atoms with Gasteiger partial charge in [0, 0.05) is 23.1 Å². The standard InChI is InChI=1S/C17H24BrN3O2.ClH/c18-14-7-4-6-13(12-14)15(22)20-10-5-11-21-16(23)17(19)8-2-1-3-9-17;/h4,6-7,12H,1-3,5,8-11,19H2,(H,20,22)(H,21,23);1H. The van der Waals surface area contributed by atoms with Crippen molar-refractivity contribution in [3.8, 4) is 0 Å². The molecule has 0 atom stereocenters. The van der Waals surface area contributed by atoms with E-state index in [9.17, 15) is 9.59 Å². The van der Waals surface area contributed by atoms with Crippen molar-refractivity contribution in [3.63, 3.8) is 0 Å². The van der Waals surface area contributed by atoms with Gasteiger partial charge in [-0.05, 0) is 37.5 Å². The Balaban J connectivity index is 0.00000288. The summed E-state index contributed by atoms with van der Waals surface area (Å²) in [6, 6.07) is 7.24. The zero-order chi connectivity index (χ0) is 16.7. The van der Waals surface area contributed by atoms with Gasteiger partial charge in [0.2, 0.25) is 5.91 Å². The Morgan fingerprint density at radius 2 is 1.79 bits per heavy atom. The van der Waals surface area contributed by atoms with E-state index >= 15 is 0 Å². The second-order valence-corrected chi connectivity index (χ2v) is 7.01. The maximum absolute atomic E-state index is 12.1. The Morgan fingerprint density at radius 1 is 1.12 bits per heavy atom. The van der Waals surface area contributed by atoms with Crippen LogP contribution in [0.25, 0.3) is 0 Å². The van der Waals surface area contributed by atoms with Gasteiger partial charge in [-0.1, -0.05) is 41.3 Å². The minimum Gasteiger partial charge on any atom is -0.354 e. The van der Waals surface area contributed by atoms with E-state index in [1.165, 1.54) is 0 Å². The van der Waals surface area contributed by atoms with Gasteiger partial charge in [-0.2, -0.15) is 0 Å². The molecule has 0 aliphatic heterocycles. The molecule has 2 rings (SSSR count). The molecule has 0 saturated heterocycles. The number of benzene rings is 1. The monoisotopic (exact) mass is 417 g/mol. The number of hydrogen-bond donors (Lipinski definition) is 3. The Hall–Kier alpha value is -1.11. The van der Waals surface area contributed by atoms with Crippen molar-refractivity contribution in [1.82, 2.24) is 10.6 Å². The SMILES string of the molecule is Cl.NC1(C(=O)NCCCNC(=O)c2cccc(Br)c2)CCCCC1. The number of hydrogen-bond acceptors (Lipinski definition) is 3. The van der Waals surface area contributed by atoms with Gasteiger partial charge in [-0.25, -0.2) is 0 Å². The van der Waals surface area contributed by atoms with Gasteiger partial charge in [0.15, 0.2) is 0 Å². The van der Waals surface area contributed by atoms with Crippen LogP contribution < -0.4 is 16.4 Å². The van der Waals surface area contributed by atoms with E-state index in [1.54, 1.807) is 12.1 Å². The van der Waals surface area contributed by atoms with Crippen LogP contribution in [0.1, 0.15) is 48.9 Å². The van der Waals surface area contributed by atoms with Crippen LogP contribution in [0.3, 0.4) is 0 Å². The first-order valence-corrected chi connectivity index (χ1v) is 8.91. The number of carbonyl (C=O) groups is 2. The van der Waals surface area contributed by atoms with Gasteiger partial charge < -0.3 is 16.4 Å². The highest BCUT2D eigenvalue weighted by Gasteiger charge is 2.34. The van der Waals surface area contributed by atoms with E-state index in [2.05, 4.69) is 26.6 Å². The van der Waals surface area contributed by atoms with Crippen molar-refractivity contribution in [2.45, 2.75) is 44.1 Å². The second kappa shape index (κ2) is 10.0. The first kappa shape index (κ1) is 20.9. The summed E-state index contributed by atoms with van der Waals surface area (Å²) in [5, 5.41) is 5.74. The molecular weight excluding hydrogens is 394 g/mol. The molecule has 1 aliphatic carbocycles. The summed E-state index contributed by atoms with van der Waals surface area (Å²) >= 11 is 3.34. The first-order chi connectivity index (χ1) is 11.0. The van der Waals surface area contributed by atoms with E-state index in [0.29, 0.717) is 25.1 Å². The Morgan fingerprint density at radius 3 is 2.46 bits per heavy atom. The molecule has 0 spiro atoms. The lowest BCUT2D eigenvalue weighted by Crippen LogP contribution is -2.55. The maximum Gasteiger partial charge on any atom is 0.251 e. The van der Waals surface area contributed by atoms with Crippen molar-refractivity contribution in [2.24, 2.45) is 5.73 Å². The fourth-order valence-corrected chi connectivity index (χ4v) is 3.21. The van der Waals surface area contributed by atoms with Gasteiger partial charge >= 0.3 is 0 Å². The third-order valence-electron chi connectivity index (χ3n) is 4.21. The molecule has 0 radical (unpaired) electrons. The number of amides is 2. The Bertz CT molecular complexity index is 563. The molecule has 5 nitrogen and oxygen atoms in total. The van der Waals surface area contributed by atoms with E-state index in [1.807, 2.05) is 12.1 Å². The van der Waals surface area contributed by atoms with Gasteiger partial charge in [0.1, 0.15) is 0 Å². The smallest absolute Gasteiger partial charge is 0.251 e. The lowest BCUT2D eigenvalue weighted by Gasteiger charge is -2.31. The van der Waals surface area contributed by atoms with Crippen molar-refractivity contribution in [1.29, 1.82) is 0 Å². The molecule has 134 valence electrons. The largest absolute Gasteiger partial charge is 0.354 e. The van der Waals surface area contributed by atoms with Crippen LogP contribution in [0.4, 0.5) is 0 Å². The fraction of sp³-hybridized carbons (Fsp3) is 0.529. The molecule has 0 bridgehead atoms. The molecule has 4 N–H and O–H groups in total. The number of rotatable bonds is 6. The summed E-state index contributed by atoms with van der Waals surface area (Å²) in [5.74, 6) is -0.171. The number of nitrogens with one attached hydrogen (secondary N) is 2. The Labute approximate surface area is 157 Å². The van der Waals surface area contributed by atoms with Gasteiger partial charge in [0.05, 0.1) is 5.54 Å². The zero-order valence-corrected chi connectivity index (χ0v) is 16.0. The molecular formula is C17H25BrClN3O2. The molecule has 0 unspecified atom stereocenters. The van der Waals surface area contributed by atoms with Crippen LogP contribution in [0.2, 0.25) is 0 Å². The van der Waals surface area contributed by atoms with Crippen LogP contribution in [0, 0.1) is 0 Å². The summed E-state index contributed by atoms with van der Waals surface area (Å²) in [6.45, 7) is 1.04. The third kappa shape index (κ3) is 6.07. The second-order valence-electron chi connectivity index (χ2n) is 6.09. The minimum absolute atomic E-state index is 0. The number of nitrogens with two attached hydrogens (primary N) is 1. The van der Waals surface area contributed by atoms with Crippen LogP contribution in [-0.2, 0) is 4.79 Å². The summed E-state index contributed by atoms with van der Waals surface area (Å²) < 4.78 is 0.873. The summed E-state index contributed by atoms with van der Waals surface area (Å²) in [5.41, 5.74) is 6.09. The third-order valence-corrected chi connectivity index (χ3v) is 4.70. The summed E-state index contributed by atoms with van der Waals surface area (Å²) in [7, 11) is 0. The quantitative estimate of drug-likeness (QED) is 0.621. The van der Waals surface area contributed by atoms with Crippen LogP contribution >= 0.6 is 28.3 Å². The average molecular weight is 419 g/mol. The van der Waals surface area contributed by atoms with Crippen molar-refractivity contribution in [3.05, 3.63) is 34.3 Å². The van der Waals surface area contributed by atoms with Crippen molar-refractivity contribution in [2.75, 3.05) is 13.1 Å². The van der Waals surface area contributed by atoms with Crippen LogP contribution in [0.15, 0.2) is 28.7 Å². The molecule has 1 saturated carbocycles. The predicted octanol–water partition coefficient (Wildman–Crippen LogP) is 2.77. The highest BCUT2D eigenvalue weighted by atomic mass is 79.9. The van der Waals surface area contributed by atoms with Crippen molar-refractivity contribution < 1.29 is 9.59 Å². The van der Waals surface area contributed by atoms with E-state index < -0.39 is 5.54 Å². The van der Waals surface area contributed by atoms with Gasteiger partial charge in [-0.15, -0.1) is 12.4 Å². The molecule has 1 aliphatic rings. The topological polar surface area (TPSA) is 84.2 Å². The van der Waals surface area contributed by atoms with Crippen LogP contribution in [-0.4, -0.2) is 30.4 Å². The molecule has 0 heterocycles. The normalized spacial score (nSPS) is 15.9. The minimum atomic E-state index is -0.697. The summed E-state index contributed by atoms with van der Waals surface area (Å²) in [6.07, 6.45) is 5.41. The van der Waals surface area contributed by atoms with Crippen LogP contribution in [0.5, 0.6) is 0 Å². The molecule has 1 fully saturated rings. The Kier molecular flexibility index (Phi) is 8.73. The highest BCUT2D eigenvalue weighted by molar-refractivity contribution is 9.10. The van der Waals surface area contributed by atoms with Crippen molar-refractivity contribution >= 4 is 40.2 Å². The lowest BCUT2D eigenvalue weighted by molar-refractivity contribution is -0.127. The molecule has 24 heavy (non-hydrogen) atoms. The van der Waals surface area contributed by atoms with E-state index in [4.69, 9.17) is 5.73 Å². The molecule has 2 amide bonds. The fourth-order valence-electron chi connectivity index (χ4n) is 2.81. The van der Waals surface area contributed by atoms with E-state index in [-0.39, 0.29) is 24.2 Å². The first-order valence-electron chi connectivity index (χ1n) is 8.12. The summed E-state index contributed by atoms with van der Waals surface area (Å²) in [4.78, 5) is 24.1. The zero-order valence-electron chi connectivity index (χ0n) is 13.6. The molecule has 1 aromatic carbocycles. The maximum atomic E-state index is 12.1. The average Bonchev–Trinajstić information content (AvgIpc) is 2.55.